The van der Waals surface area contributed by atoms with E-state index >= 15 is 0 Å². The van der Waals surface area contributed by atoms with Crippen molar-refractivity contribution in [1.82, 2.24) is 24.6 Å². The minimum absolute atomic E-state index is 0.153. The standard InChI is InChI=1S/C11H15N5O/c1-15-8-7-12-10(15)11(17)13-5-3-9-4-6-14-16(9)2/h4,6-8H,3,5H2,1-2H3,(H,13,17). The molecule has 0 unspecified atom stereocenters. The minimum atomic E-state index is -0.153. The number of imidazole rings is 1. The summed E-state index contributed by atoms with van der Waals surface area (Å²) in [6, 6.07) is 1.94. The zero-order valence-corrected chi connectivity index (χ0v) is 9.92. The Bertz CT molecular complexity index is 513. The number of aromatic nitrogens is 4. The van der Waals surface area contributed by atoms with Crippen molar-refractivity contribution >= 4 is 5.91 Å². The van der Waals surface area contributed by atoms with Crippen LogP contribution in [0.15, 0.2) is 24.7 Å². The molecule has 1 N–H and O–H groups in total. The number of carbonyl (C=O) groups excluding carboxylic acids is 1. The molecule has 0 saturated carbocycles. The molecular weight excluding hydrogens is 218 g/mol. The number of hydrogen-bond acceptors (Lipinski definition) is 3. The summed E-state index contributed by atoms with van der Waals surface area (Å²) in [5.41, 5.74) is 1.09. The predicted molar refractivity (Wildman–Crippen MR) is 62.5 cm³/mol. The van der Waals surface area contributed by atoms with E-state index in [1.54, 1.807) is 34.9 Å². The summed E-state index contributed by atoms with van der Waals surface area (Å²) in [5.74, 6) is 0.273. The molecule has 2 heterocycles. The SMILES string of the molecule is Cn1ccnc1C(=O)NCCc1ccnn1C. The number of nitrogens with zero attached hydrogens (tertiary/aromatic N) is 4. The van der Waals surface area contributed by atoms with Crippen molar-refractivity contribution in [3.05, 3.63) is 36.2 Å². The van der Waals surface area contributed by atoms with Gasteiger partial charge in [0, 0.05) is 51.3 Å². The fourth-order valence-electron chi connectivity index (χ4n) is 1.61. The zero-order valence-electron chi connectivity index (χ0n) is 9.92. The molecule has 0 radical (unpaired) electrons. The van der Waals surface area contributed by atoms with Crippen molar-refractivity contribution in [3.8, 4) is 0 Å². The van der Waals surface area contributed by atoms with Crippen LogP contribution in [0, 0.1) is 0 Å². The highest BCUT2D eigenvalue weighted by molar-refractivity contribution is 5.90. The molecule has 0 saturated heterocycles. The van der Waals surface area contributed by atoms with Gasteiger partial charge in [0.15, 0.2) is 5.82 Å². The largest absolute Gasteiger partial charge is 0.349 e. The molecule has 0 bridgehead atoms. The Balaban J connectivity index is 1.86. The highest BCUT2D eigenvalue weighted by atomic mass is 16.2. The first-order valence-corrected chi connectivity index (χ1v) is 5.41. The highest BCUT2D eigenvalue weighted by Gasteiger charge is 2.09. The Labute approximate surface area is 99.3 Å². The molecule has 0 aliphatic carbocycles. The van der Waals surface area contributed by atoms with Gasteiger partial charge < -0.3 is 9.88 Å². The molecule has 0 spiro atoms. The second-order valence-corrected chi connectivity index (χ2v) is 3.81. The van der Waals surface area contributed by atoms with Crippen molar-refractivity contribution in [2.24, 2.45) is 14.1 Å². The number of nitrogens with one attached hydrogen (secondary N) is 1. The van der Waals surface area contributed by atoms with Gasteiger partial charge in [0.25, 0.3) is 5.91 Å². The summed E-state index contributed by atoms with van der Waals surface area (Å²) in [4.78, 5) is 15.7. The molecule has 1 amide bonds. The smallest absolute Gasteiger partial charge is 0.287 e. The lowest BCUT2D eigenvalue weighted by Gasteiger charge is -2.05. The third kappa shape index (κ3) is 2.52. The van der Waals surface area contributed by atoms with Crippen LogP contribution in [0.25, 0.3) is 0 Å². The van der Waals surface area contributed by atoms with Crippen LogP contribution in [0.3, 0.4) is 0 Å². The summed E-state index contributed by atoms with van der Waals surface area (Å²) < 4.78 is 3.49. The maximum atomic E-state index is 11.7. The maximum absolute atomic E-state index is 11.7. The molecule has 17 heavy (non-hydrogen) atoms. The molecule has 2 aromatic rings. The van der Waals surface area contributed by atoms with Crippen LogP contribution in [-0.4, -0.2) is 31.8 Å². The van der Waals surface area contributed by atoms with Crippen LogP contribution >= 0.6 is 0 Å². The number of carbonyl (C=O) groups is 1. The van der Waals surface area contributed by atoms with Gasteiger partial charge in [-0.15, -0.1) is 0 Å². The highest BCUT2D eigenvalue weighted by Crippen LogP contribution is 1.97. The van der Waals surface area contributed by atoms with Gasteiger partial charge in [-0.1, -0.05) is 0 Å². The van der Waals surface area contributed by atoms with Gasteiger partial charge in [0.2, 0.25) is 0 Å². The van der Waals surface area contributed by atoms with Crippen molar-refractivity contribution in [2.75, 3.05) is 6.54 Å². The summed E-state index contributed by atoms with van der Waals surface area (Å²) in [6.07, 6.45) is 5.86. The molecule has 0 aliphatic heterocycles. The zero-order chi connectivity index (χ0) is 12.3. The quantitative estimate of drug-likeness (QED) is 0.816. The first-order valence-electron chi connectivity index (χ1n) is 5.41. The number of hydrogen-bond donors (Lipinski definition) is 1. The maximum Gasteiger partial charge on any atom is 0.287 e. The van der Waals surface area contributed by atoms with Gasteiger partial charge in [-0.25, -0.2) is 4.98 Å². The summed E-state index contributed by atoms with van der Waals surface area (Å²) in [5, 5.41) is 6.89. The molecule has 0 atom stereocenters. The van der Waals surface area contributed by atoms with Crippen LogP contribution in [0.4, 0.5) is 0 Å². The van der Waals surface area contributed by atoms with Crippen LogP contribution < -0.4 is 5.32 Å². The lowest BCUT2D eigenvalue weighted by molar-refractivity contribution is 0.0940. The molecule has 0 aliphatic rings. The molecule has 6 heteroatoms. The Hall–Kier alpha value is -2.11. The normalized spacial score (nSPS) is 10.5. The Kier molecular flexibility index (Phi) is 3.22. The lowest BCUT2D eigenvalue weighted by atomic mass is 10.3. The summed E-state index contributed by atoms with van der Waals surface area (Å²) in [7, 11) is 3.68. The first-order chi connectivity index (χ1) is 8.18. The third-order valence-corrected chi connectivity index (χ3v) is 2.61. The second-order valence-electron chi connectivity index (χ2n) is 3.81. The molecule has 0 aromatic carbocycles. The van der Waals surface area contributed by atoms with E-state index in [9.17, 15) is 4.79 Å². The monoisotopic (exact) mass is 233 g/mol. The average Bonchev–Trinajstić information content (AvgIpc) is 2.88. The van der Waals surface area contributed by atoms with E-state index in [0.717, 1.165) is 12.1 Å². The van der Waals surface area contributed by atoms with Crippen molar-refractivity contribution in [3.63, 3.8) is 0 Å². The Morgan fingerprint density at radius 2 is 2.24 bits per heavy atom. The van der Waals surface area contributed by atoms with Crippen molar-refractivity contribution in [2.45, 2.75) is 6.42 Å². The third-order valence-electron chi connectivity index (χ3n) is 2.61. The average molecular weight is 233 g/mol. The van der Waals surface area contributed by atoms with E-state index in [1.165, 1.54) is 0 Å². The van der Waals surface area contributed by atoms with Crippen molar-refractivity contribution < 1.29 is 4.79 Å². The van der Waals surface area contributed by atoms with E-state index in [-0.39, 0.29) is 5.91 Å². The Morgan fingerprint density at radius 1 is 1.41 bits per heavy atom. The molecule has 90 valence electrons. The molecule has 0 fully saturated rings. The predicted octanol–water partition coefficient (Wildman–Crippen LogP) is 0.126. The van der Waals surface area contributed by atoms with Crippen LogP contribution in [0.2, 0.25) is 0 Å². The van der Waals surface area contributed by atoms with Gasteiger partial charge in [-0.3, -0.25) is 9.48 Å². The molecule has 2 rings (SSSR count). The van der Waals surface area contributed by atoms with Gasteiger partial charge in [-0.2, -0.15) is 5.10 Å². The van der Waals surface area contributed by atoms with Crippen LogP contribution in [0.5, 0.6) is 0 Å². The minimum Gasteiger partial charge on any atom is -0.349 e. The van der Waals surface area contributed by atoms with Gasteiger partial charge in [0.1, 0.15) is 0 Å². The van der Waals surface area contributed by atoms with E-state index in [0.29, 0.717) is 12.4 Å². The van der Waals surface area contributed by atoms with E-state index < -0.39 is 0 Å². The first kappa shape index (κ1) is 11.4. The van der Waals surface area contributed by atoms with Crippen LogP contribution in [-0.2, 0) is 20.5 Å². The van der Waals surface area contributed by atoms with Gasteiger partial charge in [0.05, 0.1) is 0 Å². The van der Waals surface area contributed by atoms with Crippen molar-refractivity contribution in [1.29, 1.82) is 0 Å². The number of rotatable bonds is 4. The summed E-state index contributed by atoms with van der Waals surface area (Å²) >= 11 is 0. The topological polar surface area (TPSA) is 64.7 Å². The number of amides is 1. The second kappa shape index (κ2) is 4.82. The fourth-order valence-corrected chi connectivity index (χ4v) is 1.61. The number of aryl methyl sites for hydroxylation is 2. The molecule has 6 nitrogen and oxygen atoms in total. The molecule has 2 aromatic heterocycles. The van der Waals surface area contributed by atoms with Gasteiger partial charge in [-0.05, 0) is 6.07 Å². The Morgan fingerprint density at radius 3 is 2.82 bits per heavy atom. The lowest BCUT2D eigenvalue weighted by Crippen LogP contribution is -2.28. The molecular formula is C11H15N5O. The van der Waals surface area contributed by atoms with E-state index in [1.807, 2.05) is 13.1 Å². The van der Waals surface area contributed by atoms with E-state index in [4.69, 9.17) is 0 Å². The fraction of sp³-hybridized carbons (Fsp3) is 0.364. The summed E-state index contributed by atoms with van der Waals surface area (Å²) in [6.45, 7) is 0.575. The van der Waals surface area contributed by atoms with Gasteiger partial charge >= 0.3 is 0 Å². The van der Waals surface area contributed by atoms with E-state index in [2.05, 4.69) is 15.4 Å². The van der Waals surface area contributed by atoms with Crippen LogP contribution in [0.1, 0.15) is 16.3 Å².